The maximum atomic E-state index is 11.9. The molecule has 1 rings (SSSR count). The van der Waals surface area contributed by atoms with Crippen LogP contribution in [0.3, 0.4) is 0 Å². The van der Waals surface area contributed by atoms with Gasteiger partial charge in [0.15, 0.2) is 0 Å². The fourth-order valence-electron chi connectivity index (χ4n) is 2.04. The quantitative estimate of drug-likeness (QED) is 0.687. The molecule has 16 heavy (non-hydrogen) atoms. The minimum Gasteiger partial charge on any atom is -0.439 e. The highest BCUT2D eigenvalue weighted by molar-refractivity contribution is 5.68. The molecule has 1 aliphatic rings. The van der Waals surface area contributed by atoms with Gasteiger partial charge in [-0.3, -0.25) is 0 Å². The molecule has 0 spiro atoms. The number of hydrogen-bond donors (Lipinski definition) is 0. The van der Waals surface area contributed by atoms with E-state index in [1.807, 2.05) is 18.7 Å². The normalized spacial score (nSPS) is 17.0. The van der Waals surface area contributed by atoms with Crippen LogP contribution in [0.2, 0.25) is 0 Å². The summed E-state index contributed by atoms with van der Waals surface area (Å²) in [6, 6.07) is 0. The van der Waals surface area contributed by atoms with E-state index in [4.69, 9.17) is 4.74 Å². The fraction of sp³-hybridized carbons (Fsp3) is 0.769. The number of nitrogens with zero attached hydrogens (tertiary/aromatic N) is 1. The Morgan fingerprint density at radius 1 is 1.31 bits per heavy atom. The number of carbonyl (C=O) groups is 1. The molecule has 3 heteroatoms. The van der Waals surface area contributed by atoms with Gasteiger partial charge in [0.1, 0.15) is 5.60 Å². The van der Waals surface area contributed by atoms with Crippen LogP contribution in [0, 0.1) is 0 Å². The molecular weight excluding hydrogens is 202 g/mol. The van der Waals surface area contributed by atoms with E-state index in [1.165, 1.54) is 6.42 Å². The Balaban J connectivity index is 2.56. The second kappa shape index (κ2) is 5.92. The second-order valence-corrected chi connectivity index (χ2v) is 4.39. The molecule has 0 unspecified atom stereocenters. The summed E-state index contributed by atoms with van der Waals surface area (Å²) in [4.78, 5) is 13.8. The second-order valence-electron chi connectivity index (χ2n) is 4.39. The molecule has 1 saturated heterocycles. The minimum atomic E-state index is -0.478. The molecule has 0 N–H and O–H groups in total. The molecule has 1 amide bonds. The number of hydrogen-bond acceptors (Lipinski definition) is 2. The smallest absolute Gasteiger partial charge is 0.410 e. The SMILES string of the molecule is C=CC(CC)(CC)OC(=O)N1CCCCC1. The van der Waals surface area contributed by atoms with Crippen LogP contribution in [0.25, 0.3) is 0 Å². The summed E-state index contributed by atoms with van der Waals surface area (Å²) in [6.45, 7) is 9.49. The molecule has 0 bridgehead atoms. The van der Waals surface area contributed by atoms with Crippen LogP contribution in [0.4, 0.5) is 4.79 Å². The van der Waals surface area contributed by atoms with E-state index in [1.54, 1.807) is 6.08 Å². The predicted molar refractivity (Wildman–Crippen MR) is 65.4 cm³/mol. The fourth-order valence-corrected chi connectivity index (χ4v) is 2.04. The Morgan fingerprint density at radius 3 is 2.31 bits per heavy atom. The van der Waals surface area contributed by atoms with Crippen molar-refractivity contribution in [1.82, 2.24) is 4.90 Å². The van der Waals surface area contributed by atoms with Crippen LogP contribution < -0.4 is 0 Å². The van der Waals surface area contributed by atoms with Crippen LogP contribution in [-0.4, -0.2) is 29.7 Å². The van der Waals surface area contributed by atoms with E-state index < -0.39 is 5.60 Å². The lowest BCUT2D eigenvalue weighted by atomic mass is 9.97. The average molecular weight is 225 g/mol. The van der Waals surface area contributed by atoms with Crippen molar-refractivity contribution in [1.29, 1.82) is 0 Å². The topological polar surface area (TPSA) is 29.5 Å². The highest BCUT2D eigenvalue weighted by atomic mass is 16.6. The van der Waals surface area contributed by atoms with E-state index in [9.17, 15) is 4.79 Å². The van der Waals surface area contributed by atoms with E-state index in [2.05, 4.69) is 6.58 Å². The van der Waals surface area contributed by atoms with Gasteiger partial charge in [0.05, 0.1) is 0 Å². The van der Waals surface area contributed by atoms with E-state index in [0.29, 0.717) is 0 Å². The van der Waals surface area contributed by atoms with Crippen molar-refractivity contribution in [3.63, 3.8) is 0 Å². The van der Waals surface area contributed by atoms with Crippen molar-refractivity contribution in [2.24, 2.45) is 0 Å². The number of carbonyl (C=O) groups excluding carboxylic acids is 1. The standard InChI is InChI=1S/C13H23NO2/c1-4-13(5-2,6-3)16-12(15)14-10-8-7-9-11-14/h4H,1,5-11H2,2-3H3. The maximum Gasteiger partial charge on any atom is 0.410 e. The van der Waals surface area contributed by atoms with Crippen molar-refractivity contribution < 1.29 is 9.53 Å². The third-order valence-electron chi connectivity index (χ3n) is 3.47. The molecule has 0 aromatic rings. The molecule has 0 atom stereocenters. The van der Waals surface area contributed by atoms with Crippen molar-refractivity contribution in [2.75, 3.05) is 13.1 Å². The first-order valence-electron chi connectivity index (χ1n) is 6.29. The molecule has 0 aromatic carbocycles. The third-order valence-corrected chi connectivity index (χ3v) is 3.47. The number of rotatable bonds is 4. The van der Waals surface area contributed by atoms with Crippen LogP contribution in [-0.2, 0) is 4.74 Å². The van der Waals surface area contributed by atoms with Gasteiger partial charge in [-0.2, -0.15) is 0 Å². The molecular formula is C13H23NO2. The van der Waals surface area contributed by atoms with Crippen LogP contribution in [0.5, 0.6) is 0 Å². The summed E-state index contributed by atoms with van der Waals surface area (Å²) < 4.78 is 5.59. The summed E-state index contributed by atoms with van der Waals surface area (Å²) in [5, 5.41) is 0. The van der Waals surface area contributed by atoms with E-state index >= 15 is 0 Å². The molecule has 0 radical (unpaired) electrons. The monoisotopic (exact) mass is 225 g/mol. The number of amides is 1. The number of ether oxygens (including phenoxy) is 1. The van der Waals surface area contributed by atoms with Gasteiger partial charge in [-0.1, -0.05) is 20.4 Å². The summed E-state index contributed by atoms with van der Waals surface area (Å²) in [6.07, 6.45) is 6.55. The molecule has 1 aliphatic heterocycles. The lowest BCUT2D eigenvalue weighted by molar-refractivity contribution is 0.0128. The van der Waals surface area contributed by atoms with Crippen molar-refractivity contribution in [3.8, 4) is 0 Å². The van der Waals surface area contributed by atoms with Gasteiger partial charge in [-0.15, -0.1) is 0 Å². The predicted octanol–water partition coefficient (Wildman–Crippen LogP) is 3.35. The molecule has 0 aromatic heterocycles. The van der Waals surface area contributed by atoms with E-state index in [-0.39, 0.29) is 6.09 Å². The molecule has 0 saturated carbocycles. The van der Waals surface area contributed by atoms with Gasteiger partial charge in [0.25, 0.3) is 0 Å². The maximum absolute atomic E-state index is 11.9. The van der Waals surface area contributed by atoms with Crippen molar-refractivity contribution in [3.05, 3.63) is 12.7 Å². The van der Waals surface area contributed by atoms with Crippen LogP contribution in [0.1, 0.15) is 46.0 Å². The number of likely N-dealkylation sites (tertiary alicyclic amines) is 1. The van der Waals surface area contributed by atoms with Gasteiger partial charge in [-0.25, -0.2) is 4.79 Å². The van der Waals surface area contributed by atoms with E-state index in [0.717, 1.165) is 38.8 Å². The Labute approximate surface area is 98.5 Å². The van der Waals surface area contributed by atoms with Gasteiger partial charge >= 0.3 is 6.09 Å². The molecule has 92 valence electrons. The Morgan fingerprint density at radius 2 is 1.88 bits per heavy atom. The average Bonchev–Trinajstić information content (AvgIpc) is 2.37. The lowest BCUT2D eigenvalue weighted by Gasteiger charge is -2.33. The van der Waals surface area contributed by atoms with Gasteiger partial charge in [0, 0.05) is 13.1 Å². The highest BCUT2D eigenvalue weighted by Gasteiger charge is 2.29. The first kappa shape index (κ1) is 13.1. The third kappa shape index (κ3) is 3.00. The van der Waals surface area contributed by atoms with Gasteiger partial charge in [-0.05, 0) is 38.2 Å². The minimum absolute atomic E-state index is 0.177. The Bertz CT molecular complexity index is 240. The summed E-state index contributed by atoms with van der Waals surface area (Å²) in [7, 11) is 0. The summed E-state index contributed by atoms with van der Waals surface area (Å²) in [5.41, 5.74) is -0.478. The zero-order valence-corrected chi connectivity index (χ0v) is 10.5. The Hall–Kier alpha value is -0.990. The highest BCUT2D eigenvalue weighted by Crippen LogP contribution is 2.23. The zero-order valence-electron chi connectivity index (χ0n) is 10.5. The lowest BCUT2D eigenvalue weighted by Crippen LogP contribution is -2.41. The molecule has 3 nitrogen and oxygen atoms in total. The molecule has 1 fully saturated rings. The summed E-state index contributed by atoms with van der Waals surface area (Å²) >= 11 is 0. The van der Waals surface area contributed by atoms with Crippen LogP contribution in [0.15, 0.2) is 12.7 Å². The van der Waals surface area contributed by atoms with Crippen molar-refractivity contribution >= 4 is 6.09 Å². The molecule has 0 aliphatic carbocycles. The molecule has 1 heterocycles. The van der Waals surface area contributed by atoms with Gasteiger partial charge in [0.2, 0.25) is 0 Å². The van der Waals surface area contributed by atoms with Crippen molar-refractivity contribution in [2.45, 2.75) is 51.6 Å². The largest absolute Gasteiger partial charge is 0.439 e. The first-order valence-corrected chi connectivity index (χ1v) is 6.29. The zero-order chi connectivity index (χ0) is 12.0. The first-order chi connectivity index (χ1) is 7.67. The Kier molecular flexibility index (Phi) is 4.84. The summed E-state index contributed by atoms with van der Waals surface area (Å²) in [5.74, 6) is 0. The number of piperidine rings is 1. The van der Waals surface area contributed by atoms with Gasteiger partial charge < -0.3 is 9.64 Å². The van der Waals surface area contributed by atoms with Crippen LogP contribution >= 0.6 is 0 Å².